The Labute approximate surface area is 152 Å². The molecule has 0 fully saturated rings. The van der Waals surface area contributed by atoms with E-state index in [9.17, 15) is 4.79 Å². The molecule has 0 aliphatic rings. The van der Waals surface area contributed by atoms with Gasteiger partial charge in [0.25, 0.3) is 5.91 Å². The van der Waals surface area contributed by atoms with E-state index in [1.54, 1.807) is 6.26 Å². The Morgan fingerprint density at radius 3 is 2.54 bits per heavy atom. The molecule has 4 heteroatoms. The van der Waals surface area contributed by atoms with Crippen LogP contribution in [0.25, 0.3) is 11.1 Å². The molecule has 2 aromatic carbocycles. The molecule has 0 saturated carbocycles. The molecule has 0 radical (unpaired) electrons. The van der Waals surface area contributed by atoms with Crippen molar-refractivity contribution in [2.45, 2.75) is 20.0 Å². The Kier molecular flexibility index (Phi) is 4.32. The quantitative estimate of drug-likeness (QED) is 0.578. The topological polar surface area (TPSA) is 47.2 Å². The van der Waals surface area contributed by atoms with E-state index in [1.807, 2.05) is 47.0 Å². The Bertz CT molecular complexity index is 1030. The van der Waals surface area contributed by atoms with Crippen LogP contribution in [0, 0.1) is 6.92 Å². The minimum atomic E-state index is -0.104. The summed E-state index contributed by atoms with van der Waals surface area (Å²) in [6.45, 7) is 3.18. The van der Waals surface area contributed by atoms with E-state index in [2.05, 4.69) is 36.5 Å². The molecule has 1 amide bonds. The standard InChI is InChI=1S/C22H20N2O2/c1-16-7-9-18(10-8-16)15-24-19-11-12-26-21(19)13-20(24)22(25)23-14-17-5-3-2-4-6-17/h2-13H,14-15H2,1H3,(H,23,25). The largest absolute Gasteiger partial charge is 0.463 e. The van der Waals surface area contributed by atoms with E-state index in [1.165, 1.54) is 5.56 Å². The van der Waals surface area contributed by atoms with Crippen LogP contribution in [-0.4, -0.2) is 10.5 Å². The molecular weight excluding hydrogens is 324 g/mol. The average molecular weight is 344 g/mol. The summed E-state index contributed by atoms with van der Waals surface area (Å²) in [7, 11) is 0. The van der Waals surface area contributed by atoms with Gasteiger partial charge >= 0.3 is 0 Å². The van der Waals surface area contributed by atoms with Crippen LogP contribution in [-0.2, 0) is 13.1 Å². The predicted molar refractivity (Wildman–Crippen MR) is 102 cm³/mol. The number of amides is 1. The fourth-order valence-electron chi connectivity index (χ4n) is 3.08. The molecule has 0 bridgehead atoms. The average Bonchev–Trinajstić information content (AvgIpc) is 3.25. The molecule has 130 valence electrons. The molecule has 4 aromatic rings. The normalized spacial score (nSPS) is 11.0. The Hall–Kier alpha value is -3.27. The summed E-state index contributed by atoms with van der Waals surface area (Å²) in [6, 6.07) is 22.0. The monoisotopic (exact) mass is 344 g/mol. The molecule has 2 heterocycles. The van der Waals surface area contributed by atoms with Gasteiger partial charge in [-0.3, -0.25) is 4.79 Å². The van der Waals surface area contributed by atoms with Gasteiger partial charge in [-0.2, -0.15) is 0 Å². The number of furan rings is 1. The van der Waals surface area contributed by atoms with Gasteiger partial charge in [-0.25, -0.2) is 0 Å². The van der Waals surface area contributed by atoms with Crippen LogP contribution in [0.4, 0.5) is 0 Å². The van der Waals surface area contributed by atoms with Crippen molar-refractivity contribution in [1.29, 1.82) is 0 Å². The van der Waals surface area contributed by atoms with Gasteiger partial charge in [0.1, 0.15) is 5.69 Å². The number of carbonyl (C=O) groups is 1. The first-order valence-electron chi connectivity index (χ1n) is 8.65. The molecule has 2 aromatic heterocycles. The van der Waals surface area contributed by atoms with Crippen molar-refractivity contribution in [1.82, 2.24) is 9.88 Å². The van der Waals surface area contributed by atoms with Crippen molar-refractivity contribution < 1.29 is 9.21 Å². The first-order valence-corrected chi connectivity index (χ1v) is 8.65. The fourth-order valence-corrected chi connectivity index (χ4v) is 3.08. The first-order chi connectivity index (χ1) is 12.7. The number of aromatic nitrogens is 1. The summed E-state index contributed by atoms with van der Waals surface area (Å²) in [4.78, 5) is 12.8. The molecule has 1 N–H and O–H groups in total. The number of carbonyl (C=O) groups excluding carboxylic acids is 1. The van der Waals surface area contributed by atoms with Crippen LogP contribution < -0.4 is 5.32 Å². The minimum Gasteiger partial charge on any atom is -0.463 e. The number of nitrogens with zero attached hydrogens (tertiary/aromatic N) is 1. The second-order valence-corrected chi connectivity index (χ2v) is 6.44. The molecule has 4 rings (SSSR count). The van der Waals surface area contributed by atoms with E-state index >= 15 is 0 Å². The molecule has 0 unspecified atom stereocenters. The van der Waals surface area contributed by atoms with Gasteiger partial charge in [-0.15, -0.1) is 0 Å². The smallest absolute Gasteiger partial charge is 0.268 e. The fraction of sp³-hybridized carbons (Fsp3) is 0.136. The van der Waals surface area contributed by atoms with Crippen molar-refractivity contribution in [2.75, 3.05) is 0 Å². The third kappa shape index (κ3) is 3.26. The van der Waals surface area contributed by atoms with Crippen molar-refractivity contribution in [3.05, 3.63) is 95.4 Å². The molecule has 0 atom stereocenters. The zero-order chi connectivity index (χ0) is 17.9. The lowest BCUT2D eigenvalue weighted by atomic mass is 10.1. The summed E-state index contributed by atoms with van der Waals surface area (Å²) in [5.41, 5.74) is 5.69. The van der Waals surface area contributed by atoms with Gasteiger partial charge in [-0.1, -0.05) is 60.2 Å². The Morgan fingerprint density at radius 2 is 1.77 bits per heavy atom. The van der Waals surface area contributed by atoms with Crippen molar-refractivity contribution in [3.8, 4) is 0 Å². The van der Waals surface area contributed by atoms with Crippen LogP contribution >= 0.6 is 0 Å². The van der Waals surface area contributed by atoms with Crippen LogP contribution in [0.5, 0.6) is 0 Å². The number of hydrogen-bond donors (Lipinski definition) is 1. The van der Waals surface area contributed by atoms with Crippen LogP contribution in [0.3, 0.4) is 0 Å². The predicted octanol–water partition coefficient (Wildman–Crippen LogP) is 4.52. The molecular formula is C22H20N2O2. The molecule has 0 aliphatic carbocycles. The lowest BCUT2D eigenvalue weighted by Crippen LogP contribution is -2.25. The summed E-state index contributed by atoms with van der Waals surface area (Å²) < 4.78 is 7.51. The lowest BCUT2D eigenvalue weighted by Gasteiger charge is -2.11. The molecule has 4 nitrogen and oxygen atoms in total. The van der Waals surface area contributed by atoms with Gasteiger partial charge in [-0.05, 0) is 18.1 Å². The summed E-state index contributed by atoms with van der Waals surface area (Å²) >= 11 is 0. The van der Waals surface area contributed by atoms with E-state index in [0.29, 0.717) is 18.8 Å². The second kappa shape index (κ2) is 6.92. The van der Waals surface area contributed by atoms with Crippen LogP contribution in [0.15, 0.2) is 77.4 Å². The van der Waals surface area contributed by atoms with Gasteiger partial charge in [0.15, 0.2) is 5.58 Å². The summed E-state index contributed by atoms with van der Waals surface area (Å²) in [6.07, 6.45) is 1.65. The van der Waals surface area contributed by atoms with E-state index in [-0.39, 0.29) is 5.91 Å². The highest BCUT2D eigenvalue weighted by Crippen LogP contribution is 2.23. The molecule has 0 aliphatic heterocycles. The van der Waals surface area contributed by atoms with E-state index in [0.717, 1.165) is 22.2 Å². The van der Waals surface area contributed by atoms with Gasteiger partial charge < -0.3 is 14.3 Å². The summed E-state index contributed by atoms with van der Waals surface area (Å²) in [5.74, 6) is -0.104. The maximum atomic E-state index is 12.8. The maximum Gasteiger partial charge on any atom is 0.268 e. The number of nitrogens with one attached hydrogen (secondary N) is 1. The SMILES string of the molecule is Cc1ccc(Cn2c(C(=O)NCc3ccccc3)cc3occc32)cc1. The minimum absolute atomic E-state index is 0.104. The van der Waals surface area contributed by atoms with Gasteiger partial charge in [0, 0.05) is 25.2 Å². The highest BCUT2D eigenvalue weighted by atomic mass is 16.3. The number of fused-ring (bicyclic) bond motifs is 1. The van der Waals surface area contributed by atoms with Gasteiger partial charge in [0.05, 0.1) is 11.8 Å². The zero-order valence-electron chi connectivity index (χ0n) is 14.6. The molecule has 0 saturated heterocycles. The number of rotatable bonds is 5. The number of aryl methyl sites for hydroxylation is 1. The molecule has 26 heavy (non-hydrogen) atoms. The number of benzene rings is 2. The highest BCUT2D eigenvalue weighted by molar-refractivity contribution is 5.97. The van der Waals surface area contributed by atoms with Crippen molar-refractivity contribution in [3.63, 3.8) is 0 Å². The van der Waals surface area contributed by atoms with Crippen LogP contribution in [0.2, 0.25) is 0 Å². The first kappa shape index (κ1) is 16.2. The molecule has 0 spiro atoms. The number of hydrogen-bond acceptors (Lipinski definition) is 2. The second-order valence-electron chi connectivity index (χ2n) is 6.44. The zero-order valence-corrected chi connectivity index (χ0v) is 14.6. The van der Waals surface area contributed by atoms with Crippen molar-refractivity contribution in [2.24, 2.45) is 0 Å². The highest BCUT2D eigenvalue weighted by Gasteiger charge is 2.17. The van der Waals surface area contributed by atoms with Crippen molar-refractivity contribution >= 4 is 17.0 Å². The Morgan fingerprint density at radius 1 is 1.00 bits per heavy atom. The van der Waals surface area contributed by atoms with E-state index < -0.39 is 0 Å². The lowest BCUT2D eigenvalue weighted by molar-refractivity contribution is 0.0942. The van der Waals surface area contributed by atoms with Crippen LogP contribution in [0.1, 0.15) is 27.2 Å². The maximum absolute atomic E-state index is 12.8. The third-order valence-electron chi connectivity index (χ3n) is 4.51. The van der Waals surface area contributed by atoms with Gasteiger partial charge in [0.2, 0.25) is 0 Å². The summed E-state index contributed by atoms with van der Waals surface area (Å²) in [5, 5.41) is 3.00. The Balaban J connectivity index is 1.60. The van der Waals surface area contributed by atoms with E-state index in [4.69, 9.17) is 4.42 Å². The third-order valence-corrected chi connectivity index (χ3v) is 4.51.